The minimum Gasteiger partial charge on any atom is -0.441 e. The van der Waals surface area contributed by atoms with Crippen molar-refractivity contribution in [1.82, 2.24) is 15.1 Å². The zero-order chi connectivity index (χ0) is 24.4. The van der Waals surface area contributed by atoms with E-state index >= 15 is 0 Å². The molecule has 1 aliphatic heterocycles. The number of ether oxygens (including phenoxy) is 1. The molecule has 3 atom stereocenters. The number of carbonyl (C=O) groups excluding carboxylic acids is 1. The number of benzene rings is 1. The molecule has 6 nitrogen and oxygen atoms in total. The summed E-state index contributed by atoms with van der Waals surface area (Å²) in [5.41, 5.74) is 2.21. The van der Waals surface area contributed by atoms with Crippen LogP contribution in [-0.4, -0.2) is 41.9 Å². The largest absolute Gasteiger partial charge is 0.441 e. The fourth-order valence-corrected chi connectivity index (χ4v) is 5.41. The maximum absolute atomic E-state index is 13.3. The predicted molar refractivity (Wildman–Crippen MR) is 135 cm³/mol. The average Bonchev–Trinajstić information content (AvgIpc) is 3.35. The molecular formula is C24H25Cl4N3O3. The van der Waals surface area contributed by atoms with E-state index in [-0.39, 0.29) is 41.1 Å². The molecule has 1 saturated heterocycles. The van der Waals surface area contributed by atoms with Gasteiger partial charge in [-0.1, -0.05) is 40.9 Å². The number of nitrogens with one attached hydrogen (secondary N) is 1. The highest BCUT2D eigenvalue weighted by atomic mass is 35.5. The Morgan fingerprint density at radius 2 is 2.00 bits per heavy atom. The summed E-state index contributed by atoms with van der Waals surface area (Å²) in [6, 6.07) is 7.61. The van der Waals surface area contributed by atoms with Gasteiger partial charge in [0, 0.05) is 33.2 Å². The highest BCUT2D eigenvalue weighted by molar-refractivity contribution is 6.42. The number of rotatable bonds is 8. The lowest BCUT2D eigenvalue weighted by atomic mass is 9.75. The Morgan fingerprint density at radius 1 is 1.21 bits per heavy atom. The van der Waals surface area contributed by atoms with Crippen molar-refractivity contribution in [1.29, 1.82) is 0 Å². The van der Waals surface area contributed by atoms with Crippen LogP contribution in [0.15, 0.2) is 34.9 Å². The normalized spacial score (nSPS) is 20.6. The van der Waals surface area contributed by atoms with Gasteiger partial charge in [0.05, 0.1) is 32.5 Å². The van der Waals surface area contributed by atoms with Gasteiger partial charge in [-0.15, -0.1) is 0 Å². The van der Waals surface area contributed by atoms with Crippen molar-refractivity contribution in [2.75, 3.05) is 20.3 Å². The van der Waals surface area contributed by atoms with Crippen LogP contribution in [0.3, 0.4) is 0 Å². The first-order valence-corrected chi connectivity index (χ1v) is 12.5. The maximum Gasteiger partial charge on any atom is 0.203 e. The second-order valence-electron chi connectivity index (χ2n) is 8.55. The number of nitrogens with zero attached hydrogens (tertiary/aromatic N) is 2. The van der Waals surface area contributed by atoms with Crippen molar-refractivity contribution in [2.24, 2.45) is 13.0 Å². The fraction of sp³-hybridized carbons (Fsp3) is 0.417. The molecule has 1 fully saturated rings. The van der Waals surface area contributed by atoms with Gasteiger partial charge < -0.3 is 14.5 Å². The number of Topliss-reactive ketones (excluding diaryl/α,β-unsaturated/α-hetero) is 1. The zero-order valence-corrected chi connectivity index (χ0v) is 21.8. The van der Waals surface area contributed by atoms with Gasteiger partial charge in [0.1, 0.15) is 0 Å². The van der Waals surface area contributed by atoms with E-state index in [9.17, 15) is 4.79 Å². The Bertz CT molecular complexity index is 1160. The molecule has 1 unspecified atom stereocenters. The maximum atomic E-state index is 13.3. The molecule has 34 heavy (non-hydrogen) atoms. The third-order valence-corrected chi connectivity index (χ3v) is 7.67. The molecule has 1 aliphatic rings. The van der Waals surface area contributed by atoms with Crippen molar-refractivity contribution in [3.05, 3.63) is 62.1 Å². The van der Waals surface area contributed by atoms with Crippen LogP contribution in [0.5, 0.6) is 0 Å². The van der Waals surface area contributed by atoms with Gasteiger partial charge in [0.25, 0.3) is 0 Å². The van der Waals surface area contributed by atoms with Crippen LogP contribution in [0, 0.1) is 5.92 Å². The lowest BCUT2D eigenvalue weighted by molar-refractivity contribution is 0.0906. The van der Waals surface area contributed by atoms with Crippen molar-refractivity contribution in [2.45, 2.75) is 31.2 Å². The van der Waals surface area contributed by atoms with E-state index in [0.717, 1.165) is 18.4 Å². The van der Waals surface area contributed by atoms with E-state index in [0.29, 0.717) is 39.5 Å². The van der Waals surface area contributed by atoms with E-state index < -0.39 is 0 Å². The summed E-state index contributed by atoms with van der Waals surface area (Å²) < 4.78 is 12.5. The molecular weight excluding hydrogens is 520 g/mol. The standard InChI is InChI=1S/C24H25Cl4N3O3/c1-31-23(20(27)12-30-31)17-10-22(34-24(17)28)21(32)8-14-11-29-15(5-6-33-2)9-16(14)13-3-4-18(25)19(26)7-13/h3-4,7,10,12,14-16,29H,5-6,8-9,11H2,1-2H3/t14-,15?,16+/m1/s1. The van der Waals surface area contributed by atoms with Crippen molar-refractivity contribution in [3.63, 3.8) is 0 Å². The minimum absolute atomic E-state index is 0.0381. The Labute approximate surface area is 218 Å². The lowest BCUT2D eigenvalue weighted by Gasteiger charge is -2.37. The molecule has 0 saturated carbocycles. The molecule has 0 aliphatic carbocycles. The summed E-state index contributed by atoms with van der Waals surface area (Å²) in [5, 5.41) is 9.25. The monoisotopic (exact) mass is 543 g/mol. The number of hydrogen-bond acceptors (Lipinski definition) is 5. The molecule has 3 aromatic rings. The summed E-state index contributed by atoms with van der Waals surface area (Å²) in [4.78, 5) is 13.3. The Balaban J connectivity index is 1.56. The average molecular weight is 545 g/mol. The summed E-state index contributed by atoms with van der Waals surface area (Å²) in [7, 11) is 3.45. The van der Waals surface area contributed by atoms with Gasteiger partial charge in [-0.3, -0.25) is 9.48 Å². The number of aromatic nitrogens is 2. The topological polar surface area (TPSA) is 69.3 Å². The van der Waals surface area contributed by atoms with E-state index in [1.807, 2.05) is 12.1 Å². The van der Waals surface area contributed by atoms with Crippen LogP contribution in [0.4, 0.5) is 0 Å². The van der Waals surface area contributed by atoms with Crippen LogP contribution < -0.4 is 5.32 Å². The number of furan rings is 1. The third-order valence-electron chi connectivity index (χ3n) is 6.38. The first kappa shape index (κ1) is 25.5. The summed E-state index contributed by atoms with van der Waals surface area (Å²) in [6.07, 6.45) is 3.56. The van der Waals surface area contributed by atoms with Crippen LogP contribution in [0.1, 0.15) is 41.3 Å². The summed E-state index contributed by atoms with van der Waals surface area (Å²) in [5.74, 6) is 0.236. The highest BCUT2D eigenvalue weighted by Gasteiger charge is 2.34. The SMILES string of the molecule is COCCC1C[C@@H](c2ccc(Cl)c(Cl)c2)[C@H](CC(=O)c2cc(-c3c(Cl)cnn3C)c(Cl)o2)CN1. The molecule has 1 N–H and O–H groups in total. The van der Waals surface area contributed by atoms with Gasteiger partial charge >= 0.3 is 0 Å². The van der Waals surface area contributed by atoms with Crippen molar-refractivity contribution >= 4 is 52.2 Å². The van der Waals surface area contributed by atoms with Gasteiger partial charge in [0.15, 0.2) is 11.5 Å². The smallest absolute Gasteiger partial charge is 0.203 e. The number of carbonyl (C=O) groups is 1. The first-order valence-electron chi connectivity index (χ1n) is 11.0. The van der Waals surface area contributed by atoms with Gasteiger partial charge in [0.2, 0.25) is 5.22 Å². The first-order chi connectivity index (χ1) is 16.3. The van der Waals surface area contributed by atoms with E-state index in [1.54, 1.807) is 31.0 Å². The molecule has 0 radical (unpaired) electrons. The Hall–Kier alpha value is -1.54. The molecule has 0 spiro atoms. The molecule has 1 aromatic carbocycles. The van der Waals surface area contributed by atoms with Crippen LogP contribution in [-0.2, 0) is 11.8 Å². The van der Waals surface area contributed by atoms with Gasteiger partial charge in [-0.05, 0) is 66.6 Å². The number of methoxy groups -OCH3 is 1. The zero-order valence-electron chi connectivity index (χ0n) is 18.8. The highest BCUT2D eigenvalue weighted by Crippen LogP contribution is 2.40. The van der Waals surface area contributed by atoms with Crippen LogP contribution in [0.25, 0.3) is 11.3 Å². The van der Waals surface area contributed by atoms with Crippen molar-refractivity contribution in [3.8, 4) is 11.3 Å². The third kappa shape index (κ3) is 5.48. The molecule has 182 valence electrons. The van der Waals surface area contributed by atoms with E-state index in [1.165, 1.54) is 6.20 Å². The Morgan fingerprint density at radius 3 is 2.68 bits per heavy atom. The van der Waals surface area contributed by atoms with E-state index in [2.05, 4.69) is 10.4 Å². The number of halogens is 4. The predicted octanol–water partition coefficient (Wildman–Crippen LogP) is 6.66. The lowest BCUT2D eigenvalue weighted by Crippen LogP contribution is -2.44. The fourth-order valence-electron chi connectivity index (χ4n) is 4.61. The van der Waals surface area contributed by atoms with Crippen molar-refractivity contribution < 1.29 is 13.9 Å². The summed E-state index contributed by atoms with van der Waals surface area (Å²) in [6.45, 7) is 1.35. The quantitative estimate of drug-likeness (QED) is 0.321. The Kier molecular flexibility index (Phi) is 8.28. The van der Waals surface area contributed by atoms with Crippen LogP contribution >= 0.6 is 46.4 Å². The number of aryl methyl sites for hydroxylation is 1. The van der Waals surface area contributed by atoms with Gasteiger partial charge in [-0.25, -0.2) is 0 Å². The number of piperidine rings is 1. The molecule has 3 heterocycles. The van der Waals surface area contributed by atoms with E-state index in [4.69, 9.17) is 55.6 Å². The molecule has 2 aromatic heterocycles. The minimum atomic E-state index is -0.126. The molecule has 0 amide bonds. The second kappa shape index (κ2) is 11.0. The number of ketones is 1. The molecule has 10 heteroatoms. The summed E-state index contributed by atoms with van der Waals surface area (Å²) >= 11 is 25.0. The molecule has 0 bridgehead atoms. The molecule has 4 rings (SSSR count). The number of hydrogen-bond donors (Lipinski definition) is 1. The van der Waals surface area contributed by atoms with Crippen LogP contribution in [0.2, 0.25) is 20.3 Å². The second-order valence-corrected chi connectivity index (χ2v) is 10.1. The van der Waals surface area contributed by atoms with Gasteiger partial charge in [-0.2, -0.15) is 5.10 Å².